The molecule has 3 amide bonds. The average molecular weight is 529 g/mol. The van der Waals surface area contributed by atoms with Crippen LogP contribution >= 0.6 is 24.4 Å². The van der Waals surface area contributed by atoms with Gasteiger partial charge < -0.3 is 31.9 Å². The summed E-state index contributed by atoms with van der Waals surface area (Å²) in [4.78, 5) is 50.0. The van der Waals surface area contributed by atoms with Gasteiger partial charge in [0.1, 0.15) is 23.9 Å². The molecule has 1 aromatic carbocycles. The molecule has 0 aliphatic heterocycles. The van der Waals surface area contributed by atoms with Gasteiger partial charge in [-0.15, -0.1) is 0 Å². The number of nitrogens with two attached hydrogens (primary N) is 1. The zero-order valence-electron chi connectivity index (χ0n) is 20.2. The number of benzene rings is 1. The van der Waals surface area contributed by atoms with Gasteiger partial charge in [-0.2, -0.15) is 24.4 Å². The Bertz CT molecular complexity index is 855. The fourth-order valence-electron chi connectivity index (χ4n) is 3.13. The van der Waals surface area contributed by atoms with E-state index < -0.39 is 47.9 Å². The van der Waals surface area contributed by atoms with Crippen molar-refractivity contribution in [1.29, 1.82) is 0 Å². The number of thiol groups is 1. The van der Waals surface area contributed by atoms with Crippen molar-refractivity contribution in [1.82, 2.24) is 16.0 Å². The smallest absolute Gasteiger partial charge is 0.326 e. The summed E-state index contributed by atoms with van der Waals surface area (Å²) in [6, 6.07) is 1.88. The van der Waals surface area contributed by atoms with Crippen molar-refractivity contribution in [3.05, 3.63) is 29.8 Å². The fourth-order valence-corrected chi connectivity index (χ4v) is 3.88. The first-order chi connectivity index (χ1) is 16.5. The molecule has 0 aliphatic carbocycles. The fraction of sp³-hybridized carbons (Fsp3) is 0.565. The highest BCUT2D eigenvalue weighted by molar-refractivity contribution is 7.98. The minimum absolute atomic E-state index is 0.0198. The van der Waals surface area contributed by atoms with E-state index in [2.05, 4.69) is 28.6 Å². The molecule has 0 bridgehead atoms. The molecule has 7 N–H and O–H groups in total. The number of aliphatic carboxylic acids is 1. The second kappa shape index (κ2) is 15.5. The van der Waals surface area contributed by atoms with Gasteiger partial charge in [-0.3, -0.25) is 14.4 Å². The summed E-state index contributed by atoms with van der Waals surface area (Å²) in [6.07, 6.45) is 2.93. The Labute approximate surface area is 215 Å². The summed E-state index contributed by atoms with van der Waals surface area (Å²) >= 11 is 5.70. The third kappa shape index (κ3) is 10.4. The van der Waals surface area contributed by atoms with E-state index in [9.17, 15) is 29.4 Å². The van der Waals surface area contributed by atoms with Crippen LogP contribution < -0.4 is 21.7 Å². The van der Waals surface area contributed by atoms with Crippen LogP contribution in [-0.4, -0.2) is 75.8 Å². The number of thioether (sulfide) groups is 1. The maximum absolute atomic E-state index is 13.0. The lowest BCUT2D eigenvalue weighted by Crippen LogP contribution is -2.59. The minimum atomic E-state index is -1.26. The standard InChI is InChI=1S/C23H36N4O6S2/c1-4-13(2)19(27-20(29)16(24)9-10-35-3)22(31)26-18(12-34)21(30)25-17(23(32)33)11-14-5-7-15(28)8-6-14/h5-8,13,16-19,28,34H,4,9-12,24H2,1-3H3,(H,25,30)(H,26,31)(H,27,29)(H,32,33). The van der Waals surface area contributed by atoms with E-state index >= 15 is 0 Å². The van der Waals surface area contributed by atoms with Gasteiger partial charge in [0.15, 0.2) is 0 Å². The predicted molar refractivity (Wildman–Crippen MR) is 140 cm³/mol. The van der Waals surface area contributed by atoms with E-state index in [-0.39, 0.29) is 23.8 Å². The van der Waals surface area contributed by atoms with Crippen LogP contribution in [0.25, 0.3) is 0 Å². The summed E-state index contributed by atoms with van der Waals surface area (Å²) in [7, 11) is 0. The van der Waals surface area contributed by atoms with Crippen molar-refractivity contribution < 1.29 is 29.4 Å². The highest BCUT2D eigenvalue weighted by atomic mass is 32.2. The molecule has 0 aliphatic rings. The van der Waals surface area contributed by atoms with E-state index in [1.54, 1.807) is 30.8 Å². The number of hydrogen-bond acceptors (Lipinski definition) is 8. The van der Waals surface area contributed by atoms with Crippen LogP contribution in [0.3, 0.4) is 0 Å². The number of carboxylic acids is 1. The van der Waals surface area contributed by atoms with E-state index in [1.807, 2.05) is 13.2 Å². The van der Waals surface area contributed by atoms with Crippen LogP contribution in [0.5, 0.6) is 5.75 Å². The SMILES string of the molecule is CCC(C)C(NC(=O)C(N)CCSC)C(=O)NC(CS)C(=O)NC(Cc1ccc(O)cc1)C(=O)O. The molecule has 196 valence electrons. The van der Waals surface area contributed by atoms with Crippen LogP contribution in [0.15, 0.2) is 24.3 Å². The molecule has 1 aromatic rings. The summed E-state index contributed by atoms with van der Waals surface area (Å²) in [5.41, 5.74) is 6.52. The molecular formula is C23H36N4O6S2. The molecule has 10 nitrogen and oxygen atoms in total. The number of rotatable bonds is 15. The molecule has 0 saturated heterocycles. The first-order valence-corrected chi connectivity index (χ1v) is 13.3. The molecule has 1 rings (SSSR count). The number of hydrogen-bond donors (Lipinski definition) is 7. The van der Waals surface area contributed by atoms with Crippen LogP contribution in [0.1, 0.15) is 32.3 Å². The van der Waals surface area contributed by atoms with Crippen LogP contribution in [0.2, 0.25) is 0 Å². The van der Waals surface area contributed by atoms with Gasteiger partial charge in [0.25, 0.3) is 0 Å². The Morgan fingerprint density at radius 3 is 2.14 bits per heavy atom. The predicted octanol–water partition coefficient (Wildman–Crippen LogP) is 0.530. The van der Waals surface area contributed by atoms with Gasteiger partial charge in [-0.25, -0.2) is 4.79 Å². The number of aromatic hydroxyl groups is 1. The Balaban J connectivity index is 2.88. The van der Waals surface area contributed by atoms with E-state index in [0.29, 0.717) is 24.2 Å². The maximum atomic E-state index is 13.0. The Morgan fingerprint density at radius 2 is 1.63 bits per heavy atom. The number of carboxylic acid groups (broad SMARTS) is 1. The molecule has 0 heterocycles. The first kappa shape index (κ1) is 30.6. The van der Waals surface area contributed by atoms with Crippen molar-refractivity contribution in [2.24, 2.45) is 11.7 Å². The van der Waals surface area contributed by atoms with Crippen LogP contribution in [-0.2, 0) is 25.6 Å². The third-order valence-corrected chi connectivity index (χ3v) is 6.58. The number of phenolic OH excluding ortho intramolecular Hbond substituents is 1. The van der Waals surface area contributed by atoms with E-state index in [4.69, 9.17) is 5.73 Å². The average Bonchev–Trinajstić information content (AvgIpc) is 2.83. The lowest BCUT2D eigenvalue weighted by atomic mass is 9.97. The monoisotopic (exact) mass is 528 g/mol. The van der Waals surface area contributed by atoms with Crippen molar-refractivity contribution in [3.63, 3.8) is 0 Å². The molecule has 0 saturated carbocycles. The number of amides is 3. The zero-order chi connectivity index (χ0) is 26.5. The van der Waals surface area contributed by atoms with Crippen LogP contribution in [0, 0.1) is 5.92 Å². The van der Waals surface area contributed by atoms with Gasteiger partial charge in [0, 0.05) is 12.2 Å². The van der Waals surface area contributed by atoms with Gasteiger partial charge in [-0.1, -0.05) is 32.4 Å². The molecule has 35 heavy (non-hydrogen) atoms. The van der Waals surface area contributed by atoms with Crippen molar-refractivity contribution in [2.45, 2.75) is 57.3 Å². The Morgan fingerprint density at radius 1 is 1.03 bits per heavy atom. The molecular weight excluding hydrogens is 492 g/mol. The summed E-state index contributed by atoms with van der Waals surface area (Å²) < 4.78 is 0. The number of nitrogens with one attached hydrogen (secondary N) is 3. The van der Waals surface area contributed by atoms with Crippen molar-refractivity contribution in [2.75, 3.05) is 17.8 Å². The zero-order valence-corrected chi connectivity index (χ0v) is 21.9. The number of carbonyl (C=O) groups excluding carboxylic acids is 3. The summed E-state index contributed by atoms with van der Waals surface area (Å²) in [5, 5.41) is 26.6. The molecule has 0 radical (unpaired) electrons. The Hall–Kier alpha value is -2.44. The Kier molecular flexibility index (Phi) is 13.6. The maximum Gasteiger partial charge on any atom is 0.326 e. The summed E-state index contributed by atoms with van der Waals surface area (Å²) in [6.45, 7) is 3.67. The van der Waals surface area contributed by atoms with Gasteiger partial charge in [0.2, 0.25) is 17.7 Å². The molecule has 12 heteroatoms. The second-order valence-corrected chi connectivity index (χ2v) is 9.62. The first-order valence-electron chi connectivity index (χ1n) is 11.3. The minimum Gasteiger partial charge on any atom is -0.508 e. The van der Waals surface area contributed by atoms with Crippen molar-refractivity contribution >= 4 is 48.1 Å². The van der Waals surface area contributed by atoms with E-state index in [0.717, 1.165) is 0 Å². The largest absolute Gasteiger partial charge is 0.508 e. The molecule has 0 fully saturated rings. The number of phenols is 1. The van der Waals surface area contributed by atoms with Gasteiger partial charge in [0.05, 0.1) is 6.04 Å². The van der Waals surface area contributed by atoms with Gasteiger partial charge >= 0.3 is 5.97 Å². The number of carbonyl (C=O) groups is 4. The normalized spacial score (nSPS) is 15.2. The summed E-state index contributed by atoms with van der Waals surface area (Å²) in [5.74, 6) is -2.59. The van der Waals surface area contributed by atoms with Crippen LogP contribution in [0.4, 0.5) is 0 Å². The topological polar surface area (TPSA) is 171 Å². The highest BCUT2D eigenvalue weighted by Crippen LogP contribution is 2.12. The van der Waals surface area contributed by atoms with E-state index in [1.165, 1.54) is 12.1 Å². The second-order valence-electron chi connectivity index (χ2n) is 8.27. The molecule has 5 atom stereocenters. The molecule has 0 spiro atoms. The van der Waals surface area contributed by atoms with Gasteiger partial charge in [-0.05, 0) is 42.0 Å². The molecule has 0 aromatic heterocycles. The van der Waals surface area contributed by atoms with Crippen molar-refractivity contribution in [3.8, 4) is 5.75 Å². The highest BCUT2D eigenvalue weighted by Gasteiger charge is 2.32. The molecule has 5 unspecified atom stereocenters. The lowest BCUT2D eigenvalue weighted by molar-refractivity contribution is -0.142. The third-order valence-electron chi connectivity index (χ3n) is 5.57. The lowest BCUT2D eigenvalue weighted by Gasteiger charge is -2.27. The quantitative estimate of drug-likeness (QED) is 0.162.